The van der Waals surface area contributed by atoms with E-state index in [9.17, 15) is 0 Å². The van der Waals surface area contributed by atoms with Crippen molar-refractivity contribution in [2.75, 3.05) is 40.3 Å². The lowest BCUT2D eigenvalue weighted by molar-refractivity contribution is 0.159. The Labute approximate surface area is 152 Å². The minimum Gasteiger partial charge on any atom is -0.496 e. The zero-order chi connectivity index (χ0) is 17.9. The molecule has 0 bridgehead atoms. The highest BCUT2D eigenvalue weighted by Crippen LogP contribution is 2.17. The highest BCUT2D eigenvalue weighted by atomic mass is 16.5. The van der Waals surface area contributed by atoms with E-state index >= 15 is 0 Å². The van der Waals surface area contributed by atoms with Crippen LogP contribution < -0.4 is 15.4 Å². The van der Waals surface area contributed by atoms with Gasteiger partial charge in [-0.2, -0.15) is 0 Å². The zero-order valence-corrected chi connectivity index (χ0v) is 16.1. The van der Waals surface area contributed by atoms with Gasteiger partial charge in [-0.1, -0.05) is 24.6 Å². The van der Waals surface area contributed by atoms with E-state index in [1.807, 2.05) is 25.2 Å². The van der Waals surface area contributed by atoms with E-state index in [1.165, 1.54) is 37.9 Å². The molecule has 0 aromatic heterocycles. The second-order valence-electron chi connectivity index (χ2n) is 6.72. The van der Waals surface area contributed by atoms with Gasteiger partial charge in [0.2, 0.25) is 0 Å². The van der Waals surface area contributed by atoms with E-state index < -0.39 is 0 Å². The summed E-state index contributed by atoms with van der Waals surface area (Å²) in [5.74, 6) is 1.82. The summed E-state index contributed by atoms with van der Waals surface area (Å²) in [6.07, 6.45) is 6.15. The lowest BCUT2D eigenvalue weighted by Crippen LogP contribution is -2.41. The standard InChI is InChI=1S/C20H34N4O/c1-17-9-6-7-15-24(17)16-8-13-22-20(21-2)23-14-12-18-10-4-5-11-19(18)25-3/h4-5,10-11,17H,6-9,12-16H2,1-3H3,(H2,21,22,23). The van der Waals surface area contributed by atoms with Crippen molar-refractivity contribution < 1.29 is 4.74 Å². The van der Waals surface area contributed by atoms with Crippen LogP contribution in [-0.4, -0.2) is 57.2 Å². The second-order valence-corrected chi connectivity index (χ2v) is 6.72. The number of piperidine rings is 1. The molecule has 0 radical (unpaired) electrons. The van der Waals surface area contributed by atoms with Gasteiger partial charge in [-0.3, -0.25) is 4.99 Å². The van der Waals surface area contributed by atoms with Crippen LogP contribution in [0.2, 0.25) is 0 Å². The van der Waals surface area contributed by atoms with Gasteiger partial charge < -0.3 is 20.3 Å². The predicted molar refractivity (Wildman–Crippen MR) is 106 cm³/mol. The molecule has 2 rings (SSSR count). The molecule has 1 saturated heterocycles. The number of guanidine groups is 1. The molecule has 5 heteroatoms. The quantitative estimate of drug-likeness (QED) is 0.432. The van der Waals surface area contributed by atoms with Gasteiger partial charge in [0.25, 0.3) is 0 Å². The van der Waals surface area contributed by atoms with Crippen LogP contribution in [0.25, 0.3) is 0 Å². The van der Waals surface area contributed by atoms with E-state index in [0.717, 1.165) is 43.7 Å². The summed E-state index contributed by atoms with van der Waals surface area (Å²) in [6.45, 7) is 6.57. The molecule has 0 spiro atoms. The average molecular weight is 347 g/mol. The molecule has 0 saturated carbocycles. The van der Waals surface area contributed by atoms with Crippen molar-refractivity contribution in [3.63, 3.8) is 0 Å². The number of aliphatic imine (C=N–C) groups is 1. The molecule has 1 aliphatic heterocycles. The van der Waals surface area contributed by atoms with E-state index in [0.29, 0.717) is 0 Å². The number of benzene rings is 1. The minimum atomic E-state index is 0.743. The molecule has 0 aliphatic carbocycles. The largest absolute Gasteiger partial charge is 0.496 e. The Morgan fingerprint density at radius 3 is 2.80 bits per heavy atom. The predicted octanol–water partition coefficient (Wildman–Crippen LogP) is 2.67. The summed E-state index contributed by atoms with van der Waals surface area (Å²) in [4.78, 5) is 6.92. The van der Waals surface area contributed by atoms with Gasteiger partial charge in [-0.05, 0) is 50.8 Å². The lowest BCUT2D eigenvalue weighted by Gasteiger charge is -2.33. The second kappa shape index (κ2) is 11.0. The van der Waals surface area contributed by atoms with Crippen LogP contribution >= 0.6 is 0 Å². The van der Waals surface area contributed by atoms with Crippen LogP contribution in [0.3, 0.4) is 0 Å². The Bertz CT molecular complexity index is 532. The first-order valence-corrected chi connectivity index (χ1v) is 9.55. The first kappa shape index (κ1) is 19.6. The number of nitrogens with zero attached hydrogens (tertiary/aromatic N) is 2. The third-order valence-electron chi connectivity index (χ3n) is 4.96. The van der Waals surface area contributed by atoms with Crippen LogP contribution in [0.15, 0.2) is 29.3 Å². The summed E-state index contributed by atoms with van der Waals surface area (Å²) in [6, 6.07) is 8.90. The third kappa shape index (κ3) is 6.58. The molecule has 25 heavy (non-hydrogen) atoms. The maximum absolute atomic E-state index is 5.40. The van der Waals surface area contributed by atoms with Gasteiger partial charge in [-0.15, -0.1) is 0 Å². The molecule has 1 heterocycles. The first-order valence-electron chi connectivity index (χ1n) is 9.55. The van der Waals surface area contributed by atoms with Crippen molar-refractivity contribution in [1.82, 2.24) is 15.5 Å². The van der Waals surface area contributed by atoms with Gasteiger partial charge in [0, 0.05) is 32.7 Å². The number of para-hydroxylation sites is 1. The van der Waals surface area contributed by atoms with E-state index in [1.54, 1.807) is 7.11 Å². The Morgan fingerprint density at radius 1 is 1.24 bits per heavy atom. The smallest absolute Gasteiger partial charge is 0.190 e. The monoisotopic (exact) mass is 346 g/mol. The van der Waals surface area contributed by atoms with Crippen LogP contribution in [0, 0.1) is 0 Å². The Kier molecular flexibility index (Phi) is 8.60. The molecule has 0 amide bonds. The van der Waals surface area contributed by atoms with Gasteiger partial charge in [0.15, 0.2) is 5.96 Å². The molecule has 1 aromatic carbocycles. The minimum absolute atomic E-state index is 0.743. The van der Waals surface area contributed by atoms with Crippen molar-refractivity contribution in [1.29, 1.82) is 0 Å². The van der Waals surface area contributed by atoms with Gasteiger partial charge >= 0.3 is 0 Å². The Hall–Kier alpha value is -1.75. The lowest BCUT2D eigenvalue weighted by atomic mass is 10.0. The van der Waals surface area contributed by atoms with Crippen molar-refractivity contribution in [3.05, 3.63) is 29.8 Å². The number of hydrogen-bond donors (Lipinski definition) is 2. The summed E-state index contributed by atoms with van der Waals surface area (Å²) in [5, 5.41) is 6.81. The highest BCUT2D eigenvalue weighted by molar-refractivity contribution is 5.79. The molecular weight excluding hydrogens is 312 g/mol. The summed E-state index contributed by atoms with van der Waals surface area (Å²) in [5.41, 5.74) is 1.21. The van der Waals surface area contributed by atoms with Crippen LogP contribution in [0.5, 0.6) is 5.75 Å². The molecule has 1 atom stereocenters. The molecule has 5 nitrogen and oxygen atoms in total. The van der Waals surface area contributed by atoms with E-state index in [4.69, 9.17) is 4.74 Å². The van der Waals surface area contributed by atoms with Crippen LogP contribution in [0.1, 0.15) is 38.2 Å². The molecule has 1 unspecified atom stereocenters. The van der Waals surface area contributed by atoms with Gasteiger partial charge in [0.1, 0.15) is 5.75 Å². The number of likely N-dealkylation sites (tertiary alicyclic amines) is 1. The SMILES string of the molecule is CN=C(NCCCN1CCCCC1C)NCCc1ccccc1OC. The molecule has 1 fully saturated rings. The Balaban J connectivity index is 1.63. The van der Waals surface area contributed by atoms with Crippen molar-refractivity contribution in [3.8, 4) is 5.75 Å². The topological polar surface area (TPSA) is 48.9 Å². The zero-order valence-electron chi connectivity index (χ0n) is 16.1. The number of nitrogens with one attached hydrogen (secondary N) is 2. The fourth-order valence-electron chi connectivity index (χ4n) is 3.42. The number of rotatable bonds is 8. The third-order valence-corrected chi connectivity index (χ3v) is 4.96. The summed E-state index contributed by atoms with van der Waals surface area (Å²) >= 11 is 0. The maximum Gasteiger partial charge on any atom is 0.190 e. The van der Waals surface area contributed by atoms with Crippen molar-refractivity contribution >= 4 is 5.96 Å². The number of hydrogen-bond acceptors (Lipinski definition) is 3. The normalized spacial score (nSPS) is 18.8. The highest BCUT2D eigenvalue weighted by Gasteiger charge is 2.17. The average Bonchev–Trinajstić information content (AvgIpc) is 2.65. The molecular formula is C20H34N4O. The van der Waals surface area contributed by atoms with Crippen LogP contribution in [0.4, 0.5) is 0 Å². The molecule has 140 valence electrons. The molecule has 1 aliphatic rings. The van der Waals surface area contributed by atoms with Crippen molar-refractivity contribution in [2.24, 2.45) is 4.99 Å². The fourth-order valence-corrected chi connectivity index (χ4v) is 3.42. The van der Waals surface area contributed by atoms with Crippen LogP contribution in [-0.2, 0) is 6.42 Å². The molecule has 2 N–H and O–H groups in total. The number of methoxy groups -OCH3 is 1. The van der Waals surface area contributed by atoms with Gasteiger partial charge in [0.05, 0.1) is 7.11 Å². The number of ether oxygens (including phenoxy) is 1. The van der Waals surface area contributed by atoms with E-state index in [2.05, 4.69) is 33.5 Å². The summed E-state index contributed by atoms with van der Waals surface area (Å²) < 4.78 is 5.40. The molecule has 1 aromatic rings. The Morgan fingerprint density at radius 2 is 2.04 bits per heavy atom. The van der Waals surface area contributed by atoms with Crippen molar-refractivity contribution in [2.45, 2.75) is 45.1 Å². The van der Waals surface area contributed by atoms with E-state index in [-0.39, 0.29) is 0 Å². The first-order chi connectivity index (χ1) is 12.2. The summed E-state index contributed by atoms with van der Waals surface area (Å²) in [7, 11) is 3.54. The van der Waals surface area contributed by atoms with Gasteiger partial charge in [-0.25, -0.2) is 0 Å². The maximum atomic E-state index is 5.40. The fraction of sp³-hybridized carbons (Fsp3) is 0.650.